The fourth-order valence-corrected chi connectivity index (χ4v) is 2.45. The molecule has 5 nitrogen and oxygen atoms in total. The molecule has 1 aliphatic rings. The maximum Gasteiger partial charge on any atom is 0.301 e. The molecule has 1 N–H and O–H groups in total. The predicted octanol–water partition coefficient (Wildman–Crippen LogP) is 2.06. The van der Waals surface area contributed by atoms with E-state index < -0.39 is 11.7 Å². The molecule has 110 valence electrons. The molecule has 3 rings (SSSR count). The molecule has 2 heterocycles. The number of halogens is 1. The van der Waals surface area contributed by atoms with Gasteiger partial charge in [0.15, 0.2) is 11.2 Å². The summed E-state index contributed by atoms with van der Waals surface area (Å²) in [6.45, 7) is 1.55. The van der Waals surface area contributed by atoms with Crippen molar-refractivity contribution in [1.29, 1.82) is 0 Å². The molecule has 0 atom stereocenters. The Bertz CT molecular complexity index is 735. The Morgan fingerprint density at radius 3 is 2.71 bits per heavy atom. The molecule has 1 saturated heterocycles. The van der Waals surface area contributed by atoms with Gasteiger partial charge in [0.05, 0.1) is 5.39 Å². The second-order valence-corrected chi connectivity index (χ2v) is 5.10. The zero-order valence-corrected chi connectivity index (χ0v) is 11.4. The summed E-state index contributed by atoms with van der Waals surface area (Å²) in [4.78, 5) is 24.0. The fraction of sp³-hybridized carbons (Fsp3) is 0.333. The van der Waals surface area contributed by atoms with E-state index in [2.05, 4.69) is 5.43 Å². The van der Waals surface area contributed by atoms with E-state index in [1.165, 1.54) is 12.1 Å². The fourth-order valence-electron chi connectivity index (χ4n) is 2.45. The second-order valence-electron chi connectivity index (χ2n) is 5.10. The Balaban J connectivity index is 1.89. The van der Waals surface area contributed by atoms with E-state index in [4.69, 9.17) is 4.42 Å². The van der Waals surface area contributed by atoms with E-state index in [-0.39, 0.29) is 22.2 Å². The van der Waals surface area contributed by atoms with Gasteiger partial charge in [0.2, 0.25) is 0 Å². The third-order valence-corrected chi connectivity index (χ3v) is 3.53. The van der Waals surface area contributed by atoms with Crippen molar-refractivity contribution in [3.05, 3.63) is 46.1 Å². The standard InChI is InChI=1S/C15H15FN2O3/c16-10-4-5-11-12(19)9-14(21-13(11)8-10)15(20)17-18-6-2-1-3-7-18/h4-5,8-9H,1-3,6-7H2,(H,17,20). The van der Waals surface area contributed by atoms with Gasteiger partial charge in [-0.1, -0.05) is 6.42 Å². The average molecular weight is 290 g/mol. The minimum atomic E-state index is -0.515. The Morgan fingerprint density at radius 1 is 1.19 bits per heavy atom. The number of carbonyl (C=O) groups is 1. The lowest BCUT2D eigenvalue weighted by Gasteiger charge is -2.26. The highest BCUT2D eigenvalue weighted by Crippen LogP contribution is 2.14. The Labute approximate surface area is 120 Å². The molecule has 6 heteroatoms. The summed E-state index contributed by atoms with van der Waals surface area (Å²) in [7, 11) is 0. The van der Waals surface area contributed by atoms with Gasteiger partial charge in [0.25, 0.3) is 0 Å². The number of fused-ring (bicyclic) bond motifs is 1. The molecule has 1 aliphatic heterocycles. The van der Waals surface area contributed by atoms with Gasteiger partial charge in [-0.15, -0.1) is 0 Å². The van der Waals surface area contributed by atoms with Crippen LogP contribution in [-0.2, 0) is 0 Å². The number of benzene rings is 1. The first kappa shape index (κ1) is 13.8. The number of hydrogen-bond acceptors (Lipinski definition) is 4. The molecule has 0 bridgehead atoms. The molecule has 2 aromatic rings. The number of carbonyl (C=O) groups excluding carboxylic acids is 1. The third kappa shape index (κ3) is 2.95. The number of piperidine rings is 1. The molecule has 0 spiro atoms. The Hall–Kier alpha value is -2.21. The van der Waals surface area contributed by atoms with Crippen molar-refractivity contribution < 1.29 is 13.6 Å². The third-order valence-electron chi connectivity index (χ3n) is 3.53. The number of hydrazine groups is 1. The van der Waals surface area contributed by atoms with Crippen molar-refractivity contribution in [1.82, 2.24) is 10.4 Å². The quantitative estimate of drug-likeness (QED) is 0.919. The van der Waals surface area contributed by atoms with E-state index in [0.29, 0.717) is 0 Å². The number of hydrogen-bond donors (Lipinski definition) is 1. The lowest BCUT2D eigenvalue weighted by Crippen LogP contribution is -2.45. The van der Waals surface area contributed by atoms with Gasteiger partial charge in [0.1, 0.15) is 11.4 Å². The molecule has 1 fully saturated rings. The van der Waals surface area contributed by atoms with Crippen LogP contribution >= 0.6 is 0 Å². The molecular formula is C15H15FN2O3. The number of amides is 1. The van der Waals surface area contributed by atoms with Gasteiger partial charge in [0, 0.05) is 25.2 Å². The van der Waals surface area contributed by atoms with Crippen LogP contribution in [0.15, 0.2) is 33.5 Å². The van der Waals surface area contributed by atoms with E-state index in [0.717, 1.165) is 44.5 Å². The van der Waals surface area contributed by atoms with Crippen molar-refractivity contribution in [3.8, 4) is 0 Å². The van der Waals surface area contributed by atoms with E-state index in [1.54, 1.807) is 0 Å². The number of rotatable bonds is 2. The summed E-state index contributed by atoms with van der Waals surface area (Å²) in [5.41, 5.74) is 2.42. The molecule has 1 amide bonds. The molecule has 1 aromatic heterocycles. The van der Waals surface area contributed by atoms with E-state index >= 15 is 0 Å². The highest BCUT2D eigenvalue weighted by atomic mass is 19.1. The van der Waals surface area contributed by atoms with E-state index in [1.807, 2.05) is 5.01 Å². The summed E-state index contributed by atoms with van der Waals surface area (Å²) >= 11 is 0. The van der Waals surface area contributed by atoms with Crippen LogP contribution in [-0.4, -0.2) is 24.0 Å². The molecular weight excluding hydrogens is 275 g/mol. The summed E-state index contributed by atoms with van der Waals surface area (Å²) in [5.74, 6) is -1.11. The van der Waals surface area contributed by atoms with Crippen molar-refractivity contribution in [2.24, 2.45) is 0 Å². The lowest BCUT2D eigenvalue weighted by atomic mass is 10.2. The maximum absolute atomic E-state index is 13.2. The smallest absolute Gasteiger partial charge is 0.301 e. The van der Waals surface area contributed by atoms with Crippen LogP contribution in [0.2, 0.25) is 0 Å². The molecule has 0 saturated carbocycles. The van der Waals surface area contributed by atoms with Gasteiger partial charge in [-0.25, -0.2) is 9.40 Å². The summed E-state index contributed by atoms with van der Waals surface area (Å²) < 4.78 is 18.6. The zero-order chi connectivity index (χ0) is 14.8. The number of nitrogens with one attached hydrogen (secondary N) is 1. The van der Waals surface area contributed by atoms with Crippen molar-refractivity contribution >= 4 is 16.9 Å². The van der Waals surface area contributed by atoms with Crippen LogP contribution in [0.4, 0.5) is 4.39 Å². The molecule has 0 aliphatic carbocycles. The average Bonchev–Trinajstić information content (AvgIpc) is 2.47. The first-order chi connectivity index (χ1) is 10.1. The lowest BCUT2D eigenvalue weighted by molar-refractivity contribution is 0.0722. The van der Waals surface area contributed by atoms with Gasteiger partial charge in [-0.2, -0.15) is 0 Å². The molecule has 21 heavy (non-hydrogen) atoms. The first-order valence-electron chi connectivity index (χ1n) is 6.93. The van der Waals surface area contributed by atoms with Crippen LogP contribution < -0.4 is 10.9 Å². The first-order valence-corrected chi connectivity index (χ1v) is 6.93. The number of nitrogens with zero attached hydrogens (tertiary/aromatic N) is 1. The highest BCUT2D eigenvalue weighted by molar-refractivity contribution is 5.92. The van der Waals surface area contributed by atoms with Gasteiger partial charge in [-0.3, -0.25) is 15.0 Å². The highest BCUT2D eigenvalue weighted by Gasteiger charge is 2.17. The van der Waals surface area contributed by atoms with Crippen molar-refractivity contribution in [2.45, 2.75) is 19.3 Å². The molecule has 0 unspecified atom stereocenters. The minimum Gasteiger partial charge on any atom is -0.450 e. The second kappa shape index (κ2) is 5.65. The Morgan fingerprint density at radius 2 is 1.95 bits per heavy atom. The van der Waals surface area contributed by atoms with Gasteiger partial charge in [-0.05, 0) is 25.0 Å². The summed E-state index contributed by atoms with van der Waals surface area (Å²) in [6.07, 6.45) is 3.19. The topological polar surface area (TPSA) is 62.6 Å². The van der Waals surface area contributed by atoms with E-state index in [9.17, 15) is 14.0 Å². The Kier molecular flexibility index (Phi) is 3.70. The summed E-state index contributed by atoms with van der Waals surface area (Å²) in [5, 5.41) is 2.06. The predicted molar refractivity (Wildman–Crippen MR) is 75.3 cm³/mol. The van der Waals surface area contributed by atoms with Gasteiger partial charge < -0.3 is 4.42 Å². The van der Waals surface area contributed by atoms with Crippen LogP contribution in [0.3, 0.4) is 0 Å². The monoisotopic (exact) mass is 290 g/mol. The van der Waals surface area contributed by atoms with Crippen molar-refractivity contribution in [2.75, 3.05) is 13.1 Å². The SMILES string of the molecule is O=C(NN1CCCCC1)c1cc(=O)c2ccc(F)cc2o1. The molecule has 1 aromatic carbocycles. The van der Waals surface area contributed by atoms with Crippen LogP contribution in [0.1, 0.15) is 29.8 Å². The van der Waals surface area contributed by atoms with Gasteiger partial charge >= 0.3 is 5.91 Å². The molecule has 0 radical (unpaired) electrons. The zero-order valence-electron chi connectivity index (χ0n) is 11.4. The van der Waals surface area contributed by atoms with Crippen LogP contribution in [0.5, 0.6) is 0 Å². The largest absolute Gasteiger partial charge is 0.450 e. The van der Waals surface area contributed by atoms with Crippen LogP contribution in [0.25, 0.3) is 11.0 Å². The summed E-state index contributed by atoms with van der Waals surface area (Å²) in [6, 6.07) is 4.78. The van der Waals surface area contributed by atoms with Crippen LogP contribution in [0, 0.1) is 5.82 Å². The normalized spacial score (nSPS) is 16.0. The maximum atomic E-state index is 13.2. The minimum absolute atomic E-state index is 0.0753. The van der Waals surface area contributed by atoms with Crippen molar-refractivity contribution in [3.63, 3.8) is 0 Å².